The highest BCUT2D eigenvalue weighted by Crippen LogP contribution is 2.36. The molecule has 0 aliphatic carbocycles. The molecule has 0 spiro atoms. The van der Waals surface area contributed by atoms with E-state index < -0.39 is 23.2 Å². The molecule has 8 heteroatoms. The first kappa shape index (κ1) is 19.5. The predicted octanol–water partition coefficient (Wildman–Crippen LogP) is 2.93. The lowest BCUT2D eigenvalue weighted by Crippen LogP contribution is -2.34. The number of nitriles is 1. The Kier molecular flexibility index (Phi) is 5.96. The summed E-state index contributed by atoms with van der Waals surface area (Å²) in [6.45, 7) is 1.46. The van der Waals surface area contributed by atoms with Crippen molar-refractivity contribution in [1.82, 2.24) is 0 Å². The Morgan fingerprint density at radius 2 is 1.96 bits per heavy atom. The molecule has 0 aromatic heterocycles. The van der Waals surface area contributed by atoms with Crippen LogP contribution in [0.2, 0.25) is 0 Å². The van der Waals surface area contributed by atoms with Crippen LogP contribution in [0.25, 0.3) is 0 Å². The van der Waals surface area contributed by atoms with Crippen LogP contribution in [-0.4, -0.2) is 29.1 Å². The van der Waals surface area contributed by atoms with E-state index >= 15 is 0 Å². The normalized spacial score (nSPS) is 16.1. The van der Waals surface area contributed by atoms with E-state index in [2.05, 4.69) is 10.6 Å². The number of ether oxygens (including phenoxy) is 1. The highest BCUT2D eigenvalue weighted by molar-refractivity contribution is 8.01. The summed E-state index contributed by atoms with van der Waals surface area (Å²) in [7, 11) is 0. The molecule has 3 rings (SSSR count). The fourth-order valence-electron chi connectivity index (χ4n) is 2.55. The van der Waals surface area contributed by atoms with Gasteiger partial charge in [-0.05, 0) is 43.3 Å². The molecule has 2 aromatic rings. The van der Waals surface area contributed by atoms with Gasteiger partial charge in [0, 0.05) is 10.6 Å². The van der Waals surface area contributed by atoms with Crippen molar-refractivity contribution in [3.63, 3.8) is 0 Å². The Morgan fingerprint density at radius 3 is 2.68 bits per heavy atom. The first-order valence-corrected chi connectivity index (χ1v) is 9.41. The average Bonchev–Trinajstić information content (AvgIpc) is 2.69. The number of amides is 2. The average molecular weight is 395 g/mol. The number of para-hydroxylation sites is 1. The van der Waals surface area contributed by atoms with Crippen LogP contribution in [0.1, 0.15) is 18.9 Å². The van der Waals surface area contributed by atoms with Gasteiger partial charge in [-0.2, -0.15) is 5.26 Å². The van der Waals surface area contributed by atoms with Gasteiger partial charge in [0.25, 0.3) is 5.91 Å². The van der Waals surface area contributed by atoms with Crippen LogP contribution in [-0.2, 0) is 19.1 Å². The molecule has 0 bridgehead atoms. The molecule has 1 aliphatic rings. The number of rotatable bonds is 5. The molecule has 0 fully saturated rings. The number of nitrogens with one attached hydrogen (secondary N) is 2. The predicted molar refractivity (Wildman–Crippen MR) is 105 cm³/mol. The van der Waals surface area contributed by atoms with Gasteiger partial charge in [-0.15, -0.1) is 11.8 Å². The second kappa shape index (κ2) is 8.59. The van der Waals surface area contributed by atoms with Crippen molar-refractivity contribution in [3.05, 3.63) is 54.1 Å². The number of benzene rings is 2. The van der Waals surface area contributed by atoms with Crippen molar-refractivity contribution < 1.29 is 19.1 Å². The third-order valence-electron chi connectivity index (χ3n) is 4.02. The molecule has 2 amide bonds. The second-order valence-corrected chi connectivity index (χ2v) is 7.35. The maximum Gasteiger partial charge on any atom is 0.308 e. The SMILES string of the molecule is C[C@H](OC(=O)C[C@H]1Sc2ccccc2NC1=O)C(=O)Nc1ccc(C#N)cc1. The number of anilines is 2. The molecule has 2 N–H and O–H groups in total. The van der Waals surface area contributed by atoms with Crippen LogP contribution in [0.3, 0.4) is 0 Å². The molecule has 142 valence electrons. The Balaban J connectivity index is 1.53. The molecule has 0 saturated heterocycles. The summed E-state index contributed by atoms with van der Waals surface area (Å²) in [6, 6.07) is 15.7. The third-order valence-corrected chi connectivity index (χ3v) is 5.29. The van der Waals surface area contributed by atoms with Crippen LogP contribution >= 0.6 is 11.8 Å². The van der Waals surface area contributed by atoms with Gasteiger partial charge in [0.2, 0.25) is 5.91 Å². The first-order valence-electron chi connectivity index (χ1n) is 8.53. The van der Waals surface area contributed by atoms with E-state index in [4.69, 9.17) is 10.00 Å². The summed E-state index contributed by atoms with van der Waals surface area (Å²) >= 11 is 1.30. The summed E-state index contributed by atoms with van der Waals surface area (Å²) in [6.07, 6.45) is -1.16. The molecule has 1 aliphatic heterocycles. The van der Waals surface area contributed by atoms with Gasteiger partial charge in [0.05, 0.1) is 29.0 Å². The molecular weight excluding hydrogens is 378 g/mol. The molecule has 2 atom stereocenters. The molecule has 0 saturated carbocycles. The zero-order valence-electron chi connectivity index (χ0n) is 15.0. The number of thioether (sulfide) groups is 1. The van der Waals surface area contributed by atoms with Crippen LogP contribution in [0.4, 0.5) is 11.4 Å². The van der Waals surface area contributed by atoms with Crippen LogP contribution in [0.5, 0.6) is 0 Å². The minimum absolute atomic E-state index is 0.140. The van der Waals surface area contributed by atoms with E-state index in [-0.39, 0.29) is 12.3 Å². The maximum atomic E-state index is 12.2. The molecule has 7 nitrogen and oxygen atoms in total. The van der Waals surface area contributed by atoms with Crippen molar-refractivity contribution in [2.75, 3.05) is 10.6 Å². The minimum atomic E-state index is -1.02. The van der Waals surface area contributed by atoms with Crippen LogP contribution < -0.4 is 10.6 Å². The molecule has 1 heterocycles. The fraction of sp³-hybridized carbons (Fsp3) is 0.200. The quantitative estimate of drug-likeness (QED) is 0.754. The van der Waals surface area contributed by atoms with E-state index in [9.17, 15) is 14.4 Å². The highest BCUT2D eigenvalue weighted by Gasteiger charge is 2.30. The van der Waals surface area contributed by atoms with Crippen LogP contribution in [0, 0.1) is 11.3 Å². The van der Waals surface area contributed by atoms with E-state index in [0.29, 0.717) is 11.3 Å². The molecular formula is C20H17N3O4S. The Morgan fingerprint density at radius 1 is 1.25 bits per heavy atom. The van der Waals surface area contributed by atoms with Gasteiger partial charge in [-0.3, -0.25) is 14.4 Å². The second-order valence-electron chi connectivity index (χ2n) is 6.11. The maximum absolute atomic E-state index is 12.2. The Hall–Kier alpha value is -3.31. The summed E-state index contributed by atoms with van der Waals surface area (Å²) in [5.41, 5.74) is 1.69. The lowest BCUT2D eigenvalue weighted by molar-refractivity contribution is -0.153. The number of hydrogen-bond acceptors (Lipinski definition) is 6. The zero-order chi connectivity index (χ0) is 20.1. The summed E-state index contributed by atoms with van der Waals surface area (Å²) < 4.78 is 5.17. The van der Waals surface area contributed by atoms with E-state index in [0.717, 1.165) is 10.6 Å². The van der Waals surface area contributed by atoms with E-state index in [1.54, 1.807) is 30.3 Å². The summed E-state index contributed by atoms with van der Waals surface area (Å²) in [4.78, 5) is 37.4. The van der Waals surface area contributed by atoms with Crippen molar-refractivity contribution in [2.24, 2.45) is 0 Å². The number of carbonyl (C=O) groups is 3. The van der Waals surface area contributed by atoms with E-state index in [1.165, 1.54) is 18.7 Å². The van der Waals surface area contributed by atoms with Gasteiger partial charge in [-0.25, -0.2) is 0 Å². The third kappa shape index (κ3) is 4.69. The standard InChI is InChI=1S/C20H17N3O4S/c1-12(19(25)22-14-8-6-13(11-21)7-9-14)27-18(24)10-17-20(26)23-15-4-2-3-5-16(15)28-17/h2-9,12,17H,10H2,1H3,(H,22,25)(H,23,26)/t12-,17+/m0/s1. The topological polar surface area (TPSA) is 108 Å². The fourth-order valence-corrected chi connectivity index (χ4v) is 3.64. The number of esters is 1. The van der Waals surface area contributed by atoms with Gasteiger partial charge < -0.3 is 15.4 Å². The van der Waals surface area contributed by atoms with Crippen molar-refractivity contribution in [3.8, 4) is 6.07 Å². The molecule has 0 unspecified atom stereocenters. The molecule has 28 heavy (non-hydrogen) atoms. The number of fused-ring (bicyclic) bond motifs is 1. The first-order chi connectivity index (χ1) is 13.5. The molecule has 0 radical (unpaired) electrons. The molecule has 2 aromatic carbocycles. The Bertz CT molecular complexity index is 953. The Labute approximate surface area is 166 Å². The monoisotopic (exact) mass is 395 g/mol. The largest absolute Gasteiger partial charge is 0.452 e. The number of carbonyl (C=O) groups excluding carboxylic acids is 3. The summed E-state index contributed by atoms with van der Waals surface area (Å²) in [5, 5.41) is 13.5. The smallest absolute Gasteiger partial charge is 0.308 e. The lowest BCUT2D eigenvalue weighted by Gasteiger charge is -2.23. The summed E-state index contributed by atoms with van der Waals surface area (Å²) in [5.74, 6) is -1.39. The minimum Gasteiger partial charge on any atom is -0.452 e. The van der Waals surface area contributed by atoms with Gasteiger partial charge >= 0.3 is 5.97 Å². The van der Waals surface area contributed by atoms with Crippen LogP contribution in [0.15, 0.2) is 53.4 Å². The van der Waals surface area contributed by atoms with Gasteiger partial charge in [0.1, 0.15) is 0 Å². The van der Waals surface area contributed by atoms with Crippen molar-refractivity contribution in [2.45, 2.75) is 29.6 Å². The van der Waals surface area contributed by atoms with E-state index in [1.807, 2.05) is 24.3 Å². The highest BCUT2D eigenvalue weighted by atomic mass is 32.2. The van der Waals surface area contributed by atoms with Crippen molar-refractivity contribution in [1.29, 1.82) is 5.26 Å². The number of hydrogen-bond donors (Lipinski definition) is 2. The number of nitrogens with zero attached hydrogens (tertiary/aromatic N) is 1. The zero-order valence-corrected chi connectivity index (χ0v) is 15.8. The van der Waals surface area contributed by atoms with Gasteiger partial charge in [0.15, 0.2) is 6.10 Å². The lowest BCUT2D eigenvalue weighted by atomic mass is 10.2. The van der Waals surface area contributed by atoms with Crippen molar-refractivity contribution >= 4 is 40.9 Å². The van der Waals surface area contributed by atoms with Gasteiger partial charge in [-0.1, -0.05) is 12.1 Å².